The van der Waals surface area contributed by atoms with E-state index in [1.807, 2.05) is 54.6 Å². The second-order valence-electron chi connectivity index (χ2n) is 7.89. The topological polar surface area (TPSA) is 73.8 Å². The number of fused-ring (bicyclic) bond motifs is 1. The zero-order chi connectivity index (χ0) is 24.5. The van der Waals surface area contributed by atoms with Gasteiger partial charge in [0.25, 0.3) is 5.56 Å². The van der Waals surface area contributed by atoms with Crippen LogP contribution >= 0.6 is 22.9 Å². The van der Waals surface area contributed by atoms with Gasteiger partial charge in [-0.1, -0.05) is 65.4 Å². The molecule has 8 heteroatoms. The highest BCUT2D eigenvalue weighted by Gasteiger charge is 2.33. The van der Waals surface area contributed by atoms with Gasteiger partial charge in [-0.3, -0.25) is 9.36 Å². The van der Waals surface area contributed by atoms with Crippen LogP contribution in [0.15, 0.2) is 92.2 Å². The molecular weight excluding hydrogens is 484 g/mol. The Morgan fingerprint density at radius 3 is 2.63 bits per heavy atom. The molecule has 35 heavy (non-hydrogen) atoms. The van der Waals surface area contributed by atoms with Gasteiger partial charge in [-0.05, 0) is 43.7 Å². The Morgan fingerprint density at radius 1 is 1.14 bits per heavy atom. The van der Waals surface area contributed by atoms with Gasteiger partial charge in [-0.15, -0.1) is 0 Å². The summed E-state index contributed by atoms with van der Waals surface area (Å²) in [6.45, 7) is 3.75. The molecule has 4 aromatic rings. The standard InChI is InChI=1S/C27H21ClN2O4S/c1-3-33-26(32)23-16(2)29-27-30(24(23)17-9-5-4-6-10-17)25(31)22(35-27)15-18-13-14-21(34-18)19-11-7-8-12-20(19)28/h4-15,24H,3H2,1-2H3. The van der Waals surface area contributed by atoms with Gasteiger partial charge in [0.05, 0.1) is 33.5 Å². The fraction of sp³-hybridized carbons (Fsp3) is 0.148. The number of esters is 1. The minimum absolute atomic E-state index is 0.230. The summed E-state index contributed by atoms with van der Waals surface area (Å²) in [7, 11) is 0. The molecule has 0 bridgehead atoms. The first kappa shape index (κ1) is 23.1. The minimum atomic E-state index is -0.635. The van der Waals surface area contributed by atoms with Crippen molar-refractivity contribution >= 4 is 35.0 Å². The van der Waals surface area contributed by atoms with Crippen LogP contribution in [0.1, 0.15) is 31.2 Å². The number of benzene rings is 2. The zero-order valence-corrected chi connectivity index (χ0v) is 20.6. The van der Waals surface area contributed by atoms with Crippen LogP contribution in [0.5, 0.6) is 0 Å². The highest BCUT2D eigenvalue weighted by molar-refractivity contribution is 7.07. The monoisotopic (exact) mass is 504 g/mol. The Kier molecular flexibility index (Phi) is 6.28. The van der Waals surface area contributed by atoms with E-state index < -0.39 is 12.0 Å². The summed E-state index contributed by atoms with van der Waals surface area (Å²) in [5.74, 6) is 0.646. The molecule has 2 aromatic carbocycles. The van der Waals surface area contributed by atoms with Crippen molar-refractivity contribution in [1.82, 2.24) is 4.57 Å². The number of ether oxygens (including phenoxy) is 1. The molecule has 0 amide bonds. The van der Waals surface area contributed by atoms with Crippen molar-refractivity contribution < 1.29 is 13.9 Å². The van der Waals surface area contributed by atoms with E-state index >= 15 is 0 Å². The van der Waals surface area contributed by atoms with Crippen molar-refractivity contribution in [3.05, 3.63) is 114 Å². The van der Waals surface area contributed by atoms with Crippen LogP contribution in [0.3, 0.4) is 0 Å². The first-order valence-electron chi connectivity index (χ1n) is 11.1. The molecule has 3 heterocycles. The second kappa shape index (κ2) is 9.52. The average Bonchev–Trinajstić information content (AvgIpc) is 3.43. The van der Waals surface area contributed by atoms with Crippen LogP contribution in [-0.4, -0.2) is 17.1 Å². The molecule has 176 valence electrons. The number of thiazole rings is 1. The van der Waals surface area contributed by atoms with Gasteiger partial charge < -0.3 is 9.15 Å². The van der Waals surface area contributed by atoms with Crippen molar-refractivity contribution in [3.63, 3.8) is 0 Å². The van der Waals surface area contributed by atoms with Crippen molar-refractivity contribution in [2.75, 3.05) is 6.61 Å². The fourth-order valence-electron chi connectivity index (χ4n) is 4.11. The van der Waals surface area contributed by atoms with E-state index in [4.69, 9.17) is 20.8 Å². The van der Waals surface area contributed by atoms with Crippen LogP contribution < -0.4 is 14.9 Å². The number of aromatic nitrogens is 1. The summed E-state index contributed by atoms with van der Waals surface area (Å²) in [5.41, 5.74) is 2.21. The summed E-state index contributed by atoms with van der Waals surface area (Å²) < 4.78 is 13.3. The van der Waals surface area contributed by atoms with Crippen molar-refractivity contribution in [3.8, 4) is 11.3 Å². The summed E-state index contributed by atoms with van der Waals surface area (Å²) in [6.07, 6.45) is 1.69. The van der Waals surface area contributed by atoms with E-state index in [1.165, 1.54) is 11.3 Å². The van der Waals surface area contributed by atoms with E-state index in [0.717, 1.165) is 11.1 Å². The van der Waals surface area contributed by atoms with Crippen LogP contribution in [0.25, 0.3) is 17.4 Å². The number of hydrogen-bond donors (Lipinski definition) is 0. The Hall–Kier alpha value is -3.68. The molecule has 1 unspecified atom stereocenters. The number of carbonyl (C=O) groups is 1. The molecule has 1 aliphatic heterocycles. The number of halogens is 1. The summed E-state index contributed by atoms with van der Waals surface area (Å²) in [6, 6.07) is 19.8. The predicted molar refractivity (Wildman–Crippen MR) is 136 cm³/mol. The molecule has 1 atom stereocenters. The predicted octanol–water partition coefficient (Wildman–Crippen LogP) is 4.71. The normalized spacial score (nSPS) is 15.6. The fourth-order valence-corrected chi connectivity index (χ4v) is 5.36. The van der Waals surface area contributed by atoms with E-state index in [0.29, 0.717) is 37.1 Å². The average molecular weight is 505 g/mol. The summed E-state index contributed by atoms with van der Waals surface area (Å²) in [5, 5.41) is 0.581. The van der Waals surface area contributed by atoms with Crippen molar-refractivity contribution in [1.29, 1.82) is 0 Å². The molecule has 0 spiro atoms. The Labute approximate surface area is 210 Å². The maximum Gasteiger partial charge on any atom is 0.338 e. The van der Waals surface area contributed by atoms with E-state index in [2.05, 4.69) is 4.99 Å². The van der Waals surface area contributed by atoms with Gasteiger partial charge in [-0.25, -0.2) is 9.79 Å². The first-order valence-corrected chi connectivity index (χ1v) is 12.3. The summed E-state index contributed by atoms with van der Waals surface area (Å²) >= 11 is 7.55. The van der Waals surface area contributed by atoms with Gasteiger partial charge in [0.1, 0.15) is 11.5 Å². The molecule has 2 aromatic heterocycles. The third-order valence-corrected chi connectivity index (χ3v) is 6.98. The quantitative estimate of drug-likeness (QED) is 0.369. The van der Waals surface area contributed by atoms with E-state index in [-0.39, 0.29) is 12.2 Å². The first-order chi connectivity index (χ1) is 17.0. The summed E-state index contributed by atoms with van der Waals surface area (Å²) in [4.78, 5) is 31.6. The van der Waals surface area contributed by atoms with Gasteiger partial charge in [0.15, 0.2) is 4.80 Å². The van der Waals surface area contributed by atoms with Crippen LogP contribution in [0, 0.1) is 0 Å². The molecule has 0 saturated carbocycles. The number of hydrogen-bond acceptors (Lipinski definition) is 6. The van der Waals surface area contributed by atoms with Gasteiger partial charge in [0.2, 0.25) is 0 Å². The molecule has 0 N–H and O–H groups in total. The molecule has 0 aliphatic carbocycles. The lowest BCUT2D eigenvalue weighted by atomic mass is 9.96. The third-order valence-electron chi connectivity index (χ3n) is 5.67. The Bertz CT molecular complexity index is 1630. The van der Waals surface area contributed by atoms with Crippen LogP contribution in [-0.2, 0) is 9.53 Å². The van der Waals surface area contributed by atoms with Crippen LogP contribution in [0.4, 0.5) is 0 Å². The highest BCUT2D eigenvalue weighted by atomic mass is 35.5. The van der Waals surface area contributed by atoms with Gasteiger partial charge in [-0.2, -0.15) is 0 Å². The second-order valence-corrected chi connectivity index (χ2v) is 9.31. The molecule has 5 rings (SSSR count). The highest BCUT2D eigenvalue weighted by Crippen LogP contribution is 2.31. The lowest BCUT2D eigenvalue weighted by Gasteiger charge is -2.24. The Morgan fingerprint density at radius 2 is 1.89 bits per heavy atom. The largest absolute Gasteiger partial charge is 0.463 e. The molecule has 0 fully saturated rings. The SMILES string of the molecule is CCOC(=O)C1=C(C)N=c2sc(=Cc3ccc(-c4ccccc4Cl)o3)c(=O)n2C1c1ccccc1. The van der Waals surface area contributed by atoms with Crippen LogP contribution in [0.2, 0.25) is 5.02 Å². The smallest absolute Gasteiger partial charge is 0.338 e. The molecule has 0 radical (unpaired) electrons. The number of carbonyl (C=O) groups excluding carboxylic acids is 1. The molecule has 0 saturated heterocycles. The number of nitrogens with zero attached hydrogens (tertiary/aromatic N) is 2. The van der Waals surface area contributed by atoms with Crippen molar-refractivity contribution in [2.45, 2.75) is 19.9 Å². The minimum Gasteiger partial charge on any atom is -0.463 e. The zero-order valence-electron chi connectivity index (χ0n) is 19.0. The van der Waals surface area contributed by atoms with E-state index in [1.54, 1.807) is 36.6 Å². The lowest BCUT2D eigenvalue weighted by molar-refractivity contribution is -0.139. The maximum atomic E-state index is 13.6. The van der Waals surface area contributed by atoms with Crippen molar-refractivity contribution in [2.24, 2.45) is 4.99 Å². The maximum absolute atomic E-state index is 13.6. The molecule has 1 aliphatic rings. The third kappa shape index (κ3) is 4.29. The lowest BCUT2D eigenvalue weighted by Crippen LogP contribution is -2.39. The number of furan rings is 1. The Balaban J connectivity index is 1.64. The van der Waals surface area contributed by atoms with E-state index in [9.17, 15) is 9.59 Å². The van der Waals surface area contributed by atoms with Gasteiger partial charge in [0, 0.05) is 11.6 Å². The number of allylic oxidation sites excluding steroid dienone is 1. The molecular formula is C27H21ClN2O4S. The van der Waals surface area contributed by atoms with Gasteiger partial charge >= 0.3 is 5.97 Å². The molecule has 6 nitrogen and oxygen atoms in total. The number of rotatable bonds is 5.